The Hall–Kier alpha value is -6.36. The van der Waals surface area contributed by atoms with Crippen molar-refractivity contribution in [2.45, 2.75) is 65.5 Å². The molecule has 0 fully saturated rings. The summed E-state index contributed by atoms with van der Waals surface area (Å²) in [5.74, 6) is 0.0493. The maximum absolute atomic E-state index is 13.6. The van der Waals surface area contributed by atoms with E-state index < -0.39 is 0 Å². The van der Waals surface area contributed by atoms with Gasteiger partial charge in [-0.15, -0.1) is 0 Å². The molecule has 4 aliphatic heterocycles. The molecule has 0 spiro atoms. The van der Waals surface area contributed by atoms with E-state index in [0.29, 0.717) is 24.2 Å². The number of pyridine rings is 2. The lowest BCUT2D eigenvalue weighted by Gasteiger charge is -2.29. The van der Waals surface area contributed by atoms with Crippen LogP contribution in [0.3, 0.4) is 0 Å². The Bertz CT molecular complexity index is 2780. The molecule has 0 bridgehead atoms. The van der Waals surface area contributed by atoms with Crippen molar-refractivity contribution in [3.8, 4) is 0 Å². The number of rotatable bonds is 6. The SMILES string of the molecule is CCn1c(=O)cc(C2=CCN(C)CC2)c2cc(C(=O)N3CCCc4ccccc43)ccc21.CCn1c(=O)cc(C2=CCN(C)CC2)c2cc(C(=O)N3CCCc4ccccc43)ccc21. The van der Waals surface area contributed by atoms with Crippen molar-refractivity contribution in [1.29, 1.82) is 0 Å². The highest BCUT2D eigenvalue weighted by Gasteiger charge is 2.26. The van der Waals surface area contributed by atoms with Crippen molar-refractivity contribution in [1.82, 2.24) is 18.9 Å². The van der Waals surface area contributed by atoms with Crippen LogP contribution in [0.15, 0.2) is 119 Å². The first-order valence-electron chi connectivity index (χ1n) is 23.0. The third-order valence-electron chi connectivity index (χ3n) is 13.6. The minimum atomic E-state index is 0.0128. The number of aromatic nitrogens is 2. The van der Waals surface area contributed by atoms with Gasteiger partial charge in [0.15, 0.2) is 0 Å². The number of hydrogen-bond donors (Lipinski definition) is 0. The second-order valence-electron chi connectivity index (χ2n) is 17.6. The Balaban J connectivity index is 0.000000162. The highest BCUT2D eigenvalue weighted by Crippen LogP contribution is 2.34. The van der Waals surface area contributed by atoms with E-state index >= 15 is 0 Å². The van der Waals surface area contributed by atoms with Crippen LogP contribution in [0.1, 0.15) is 82.5 Å². The average molecular weight is 855 g/mol. The standard InChI is InChI=1S/2C27H29N3O2/c2*1-3-29-25-11-10-21(27(32)30-14-6-8-20-7-4-5-9-24(20)30)17-23(25)22(18-26(29)31)19-12-15-28(2)16-13-19/h2*4-5,7,9-12,17-18H,3,6,8,13-16H2,1-2H3. The van der Waals surface area contributed by atoms with Gasteiger partial charge in [-0.3, -0.25) is 19.2 Å². The average Bonchev–Trinajstić information content (AvgIpc) is 3.33. The van der Waals surface area contributed by atoms with Crippen molar-refractivity contribution in [3.05, 3.63) is 163 Å². The minimum absolute atomic E-state index is 0.0128. The fourth-order valence-corrected chi connectivity index (χ4v) is 10.1. The summed E-state index contributed by atoms with van der Waals surface area (Å²) in [6.07, 6.45) is 10.2. The van der Waals surface area contributed by atoms with Gasteiger partial charge in [0.25, 0.3) is 22.9 Å². The highest BCUT2D eigenvalue weighted by atomic mass is 16.2. The number of hydrogen-bond acceptors (Lipinski definition) is 6. The van der Waals surface area contributed by atoms with Gasteiger partial charge in [-0.2, -0.15) is 0 Å². The number of carbonyl (C=O) groups is 2. The first-order chi connectivity index (χ1) is 31.1. The van der Waals surface area contributed by atoms with Crippen LogP contribution in [0.25, 0.3) is 33.0 Å². The van der Waals surface area contributed by atoms with Crippen molar-refractivity contribution in [3.63, 3.8) is 0 Å². The molecule has 0 radical (unpaired) electrons. The molecule has 64 heavy (non-hydrogen) atoms. The Morgan fingerprint density at radius 3 is 1.33 bits per heavy atom. The van der Waals surface area contributed by atoms with Crippen LogP contribution in [0.2, 0.25) is 0 Å². The molecule has 0 unspecified atom stereocenters. The Morgan fingerprint density at radius 2 is 0.938 bits per heavy atom. The Labute approximate surface area is 375 Å². The van der Waals surface area contributed by atoms with Crippen molar-refractivity contribution in [2.24, 2.45) is 0 Å². The largest absolute Gasteiger partial charge is 0.309 e. The van der Waals surface area contributed by atoms with Crippen LogP contribution in [0.5, 0.6) is 0 Å². The van der Waals surface area contributed by atoms with E-state index in [0.717, 1.165) is 122 Å². The van der Waals surface area contributed by atoms with E-state index in [-0.39, 0.29) is 22.9 Å². The summed E-state index contributed by atoms with van der Waals surface area (Å²) in [4.78, 5) is 61.2. The quantitative estimate of drug-likeness (QED) is 0.167. The lowest BCUT2D eigenvalue weighted by molar-refractivity contribution is 0.0977. The minimum Gasteiger partial charge on any atom is -0.309 e. The third-order valence-corrected chi connectivity index (χ3v) is 13.6. The number of nitrogens with zero attached hydrogens (tertiary/aromatic N) is 6. The van der Waals surface area contributed by atoms with Crippen molar-refractivity contribution >= 4 is 56.1 Å². The molecule has 0 saturated carbocycles. The lowest BCUT2D eigenvalue weighted by atomic mass is 9.94. The van der Waals surface area contributed by atoms with E-state index in [2.05, 4.69) is 48.2 Å². The number of fused-ring (bicyclic) bond motifs is 4. The number of aryl methyl sites for hydroxylation is 4. The fraction of sp³-hybridized carbons (Fsp3) is 0.333. The monoisotopic (exact) mass is 854 g/mol. The number of anilines is 2. The maximum atomic E-state index is 13.6. The van der Waals surface area contributed by atoms with E-state index in [1.807, 2.05) is 96.4 Å². The van der Waals surface area contributed by atoms with Gasteiger partial charge in [0.1, 0.15) is 0 Å². The first kappa shape index (κ1) is 42.9. The zero-order chi connectivity index (χ0) is 44.5. The topological polar surface area (TPSA) is 91.1 Å². The summed E-state index contributed by atoms with van der Waals surface area (Å²) in [7, 11) is 4.21. The molecule has 0 saturated heterocycles. The summed E-state index contributed by atoms with van der Waals surface area (Å²) in [6.45, 7) is 10.3. The van der Waals surface area contributed by atoms with Crippen LogP contribution in [-0.2, 0) is 25.9 Å². The Morgan fingerprint density at radius 1 is 0.516 bits per heavy atom. The fourth-order valence-electron chi connectivity index (χ4n) is 10.1. The molecule has 10 nitrogen and oxygen atoms in total. The van der Waals surface area contributed by atoms with Gasteiger partial charge in [0, 0.05) is 97.8 Å². The first-order valence-corrected chi connectivity index (χ1v) is 23.0. The van der Waals surface area contributed by atoms with E-state index in [9.17, 15) is 19.2 Å². The summed E-state index contributed by atoms with van der Waals surface area (Å²) in [5, 5.41) is 1.97. The molecule has 6 heterocycles. The molecule has 10 heteroatoms. The van der Waals surface area contributed by atoms with Crippen molar-refractivity contribution < 1.29 is 9.59 Å². The second-order valence-corrected chi connectivity index (χ2v) is 17.6. The zero-order valence-electron chi connectivity index (χ0n) is 37.6. The van der Waals surface area contributed by atoms with E-state index in [4.69, 9.17) is 0 Å². The van der Waals surface area contributed by atoms with Gasteiger partial charge in [0.05, 0.1) is 11.0 Å². The zero-order valence-corrected chi connectivity index (χ0v) is 37.6. The molecular formula is C54H58N6O4. The molecule has 328 valence electrons. The summed E-state index contributed by atoms with van der Waals surface area (Å²) < 4.78 is 3.58. The molecule has 0 atom stereocenters. The van der Waals surface area contributed by atoms with Gasteiger partial charge in [-0.25, -0.2) is 0 Å². The van der Waals surface area contributed by atoms with Crippen LogP contribution in [0, 0.1) is 0 Å². The van der Waals surface area contributed by atoms with Crippen LogP contribution in [0.4, 0.5) is 11.4 Å². The number of benzene rings is 4. The molecular weight excluding hydrogens is 797 g/mol. The highest BCUT2D eigenvalue weighted by molar-refractivity contribution is 6.10. The predicted octanol–water partition coefficient (Wildman–Crippen LogP) is 8.67. The van der Waals surface area contributed by atoms with E-state index in [1.165, 1.54) is 22.3 Å². The number of amides is 2. The summed E-state index contributed by atoms with van der Waals surface area (Å²) in [5.41, 5.74) is 12.0. The number of carbonyl (C=O) groups excluding carboxylic acids is 2. The maximum Gasteiger partial charge on any atom is 0.258 e. The predicted molar refractivity (Wildman–Crippen MR) is 261 cm³/mol. The Kier molecular flexibility index (Phi) is 12.3. The molecule has 10 rings (SSSR count). The molecule has 2 amide bonds. The van der Waals surface area contributed by atoms with Gasteiger partial charge in [-0.05, 0) is 148 Å². The molecule has 2 aromatic heterocycles. The van der Waals surface area contributed by atoms with Gasteiger partial charge in [0.2, 0.25) is 0 Å². The molecule has 6 aromatic rings. The van der Waals surface area contributed by atoms with Crippen LogP contribution < -0.4 is 20.9 Å². The molecule has 4 aromatic carbocycles. The summed E-state index contributed by atoms with van der Waals surface area (Å²) in [6, 6.07) is 31.5. The van der Waals surface area contributed by atoms with Gasteiger partial charge in [-0.1, -0.05) is 48.6 Å². The molecule has 4 aliphatic rings. The summed E-state index contributed by atoms with van der Waals surface area (Å²) >= 11 is 0. The normalized spacial score (nSPS) is 16.7. The third kappa shape index (κ3) is 8.28. The van der Waals surface area contributed by atoms with Crippen molar-refractivity contribution in [2.75, 3.05) is 63.2 Å². The van der Waals surface area contributed by atoms with Gasteiger partial charge >= 0.3 is 0 Å². The van der Waals surface area contributed by atoms with E-state index in [1.54, 1.807) is 21.3 Å². The smallest absolute Gasteiger partial charge is 0.258 e. The molecule has 0 N–H and O–H groups in total. The number of para-hydroxylation sites is 2. The van der Waals surface area contributed by atoms with Crippen LogP contribution in [-0.4, -0.2) is 84.1 Å². The molecule has 0 aliphatic carbocycles. The van der Waals surface area contributed by atoms with Crippen LogP contribution >= 0.6 is 0 Å². The lowest BCUT2D eigenvalue weighted by Crippen LogP contribution is -2.35. The number of likely N-dealkylation sites (N-methyl/N-ethyl adjacent to an activating group) is 2. The van der Waals surface area contributed by atoms with Gasteiger partial charge < -0.3 is 28.7 Å². The second kappa shape index (κ2) is 18.4.